The zero-order valence-corrected chi connectivity index (χ0v) is 13.9. The third kappa shape index (κ3) is 5.50. The van der Waals surface area contributed by atoms with Crippen LogP contribution in [0.1, 0.15) is 5.56 Å². The molecular formula is C16H14BrClN2O2. The molecule has 6 heteroatoms. The molecule has 0 heterocycles. The molecule has 2 aromatic carbocycles. The Bertz CT molecular complexity index is 632. The Balaban J connectivity index is 1.79. The van der Waals surface area contributed by atoms with Crippen LogP contribution >= 0.6 is 27.5 Å². The number of amides is 2. The van der Waals surface area contributed by atoms with Gasteiger partial charge in [0.25, 0.3) is 0 Å². The summed E-state index contributed by atoms with van der Waals surface area (Å²) in [7, 11) is 0. The van der Waals surface area contributed by atoms with Gasteiger partial charge in [0.2, 0.25) is 11.8 Å². The molecule has 0 aliphatic heterocycles. The van der Waals surface area contributed by atoms with Crippen LogP contribution in [0.3, 0.4) is 0 Å². The lowest BCUT2D eigenvalue weighted by Gasteiger charge is -2.07. The highest BCUT2D eigenvalue weighted by molar-refractivity contribution is 9.10. The highest BCUT2D eigenvalue weighted by Crippen LogP contribution is 2.14. The quantitative estimate of drug-likeness (QED) is 0.834. The maximum Gasteiger partial charge on any atom is 0.243 e. The Morgan fingerprint density at radius 1 is 1.05 bits per heavy atom. The van der Waals surface area contributed by atoms with Gasteiger partial charge in [-0.25, -0.2) is 0 Å². The third-order valence-electron chi connectivity index (χ3n) is 2.81. The standard InChI is InChI=1S/C16H14BrClN2O2/c17-12-4-1-3-11(7-12)8-15(21)19-10-16(22)20-14-6-2-5-13(18)9-14/h1-7,9H,8,10H2,(H,19,21)(H,20,22). The first kappa shape index (κ1) is 16.5. The molecular weight excluding hydrogens is 368 g/mol. The van der Waals surface area contributed by atoms with E-state index in [9.17, 15) is 9.59 Å². The maximum atomic E-state index is 11.8. The minimum absolute atomic E-state index is 0.0840. The summed E-state index contributed by atoms with van der Waals surface area (Å²) in [5, 5.41) is 5.79. The van der Waals surface area contributed by atoms with Gasteiger partial charge in [0.05, 0.1) is 13.0 Å². The third-order valence-corrected chi connectivity index (χ3v) is 3.54. The van der Waals surface area contributed by atoms with E-state index in [0.29, 0.717) is 10.7 Å². The van der Waals surface area contributed by atoms with Crippen LogP contribution < -0.4 is 10.6 Å². The molecule has 0 saturated carbocycles. The Hall–Kier alpha value is -1.85. The molecule has 0 aromatic heterocycles. The largest absolute Gasteiger partial charge is 0.347 e. The Morgan fingerprint density at radius 2 is 1.82 bits per heavy atom. The van der Waals surface area contributed by atoms with E-state index in [2.05, 4.69) is 26.6 Å². The molecule has 0 aliphatic carbocycles. The Labute approximate surface area is 142 Å². The zero-order chi connectivity index (χ0) is 15.9. The molecule has 2 amide bonds. The second-order valence-electron chi connectivity index (χ2n) is 4.64. The summed E-state index contributed by atoms with van der Waals surface area (Å²) in [4.78, 5) is 23.6. The second kappa shape index (κ2) is 7.96. The van der Waals surface area contributed by atoms with Crippen molar-refractivity contribution in [2.24, 2.45) is 0 Å². The van der Waals surface area contributed by atoms with E-state index in [1.165, 1.54) is 0 Å². The van der Waals surface area contributed by atoms with Crippen molar-refractivity contribution >= 4 is 45.0 Å². The normalized spacial score (nSPS) is 10.1. The van der Waals surface area contributed by atoms with Crippen molar-refractivity contribution in [3.8, 4) is 0 Å². The molecule has 4 nitrogen and oxygen atoms in total. The number of carbonyl (C=O) groups excluding carboxylic acids is 2. The molecule has 0 spiro atoms. The molecule has 0 unspecified atom stereocenters. The highest BCUT2D eigenvalue weighted by Gasteiger charge is 2.07. The average molecular weight is 382 g/mol. The van der Waals surface area contributed by atoms with Crippen molar-refractivity contribution in [3.05, 3.63) is 63.6 Å². The molecule has 0 bridgehead atoms. The van der Waals surface area contributed by atoms with Crippen LogP contribution in [0.4, 0.5) is 5.69 Å². The number of halogens is 2. The van der Waals surface area contributed by atoms with Crippen LogP contribution in [0.5, 0.6) is 0 Å². The number of anilines is 1. The summed E-state index contributed by atoms with van der Waals surface area (Å²) in [6.45, 7) is -0.0840. The van der Waals surface area contributed by atoms with Crippen LogP contribution in [-0.2, 0) is 16.0 Å². The maximum absolute atomic E-state index is 11.8. The Morgan fingerprint density at radius 3 is 2.55 bits per heavy atom. The number of hydrogen-bond donors (Lipinski definition) is 2. The van der Waals surface area contributed by atoms with E-state index in [1.807, 2.05) is 24.3 Å². The lowest BCUT2D eigenvalue weighted by molar-refractivity contribution is -0.123. The predicted octanol–water partition coefficient (Wildman–Crippen LogP) is 3.40. The van der Waals surface area contributed by atoms with Gasteiger partial charge in [-0.2, -0.15) is 0 Å². The van der Waals surface area contributed by atoms with E-state index >= 15 is 0 Å². The van der Waals surface area contributed by atoms with Crippen molar-refractivity contribution < 1.29 is 9.59 Å². The van der Waals surface area contributed by atoms with Gasteiger partial charge in [-0.05, 0) is 35.9 Å². The van der Waals surface area contributed by atoms with Gasteiger partial charge in [0.15, 0.2) is 0 Å². The molecule has 0 atom stereocenters. The SMILES string of the molecule is O=C(Cc1cccc(Br)c1)NCC(=O)Nc1cccc(Cl)c1. The van der Waals surface area contributed by atoms with Gasteiger partial charge >= 0.3 is 0 Å². The average Bonchev–Trinajstić information content (AvgIpc) is 2.45. The van der Waals surface area contributed by atoms with Crippen molar-refractivity contribution in [1.82, 2.24) is 5.32 Å². The fraction of sp³-hybridized carbons (Fsp3) is 0.125. The van der Waals surface area contributed by atoms with Gasteiger partial charge in [0.1, 0.15) is 0 Å². The Kier molecular flexibility index (Phi) is 5.98. The van der Waals surface area contributed by atoms with Crippen LogP contribution in [0.25, 0.3) is 0 Å². The van der Waals surface area contributed by atoms with E-state index in [-0.39, 0.29) is 24.8 Å². The predicted molar refractivity (Wildman–Crippen MR) is 90.9 cm³/mol. The van der Waals surface area contributed by atoms with Gasteiger partial charge in [0, 0.05) is 15.2 Å². The number of hydrogen-bond acceptors (Lipinski definition) is 2. The summed E-state index contributed by atoms with van der Waals surface area (Å²) < 4.78 is 0.913. The fourth-order valence-electron chi connectivity index (χ4n) is 1.85. The smallest absolute Gasteiger partial charge is 0.243 e. The van der Waals surface area contributed by atoms with Gasteiger partial charge in [-0.1, -0.05) is 45.7 Å². The lowest BCUT2D eigenvalue weighted by atomic mass is 10.1. The minimum atomic E-state index is -0.301. The molecule has 22 heavy (non-hydrogen) atoms. The second-order valence-corrected chi connectivity index (χ2v) is 5.99. The van der Waals surface area contributed by atoms with Crippen LogP contribution in [0.15, 0.2) is 53.0 Å². The van der Waals surface area contributed by atoms with E-state index in [0.717, 1.165) is 10.0 Å². The number of benzene rings is 2. The highest BCUT2D eigenvalue weighted by atomic mass is 79.9. The first-order chi connectivity index (χ1) is 10.5. The number of nitrogens with one attached hydrogen (secondary N) is 2. The fourth-order valence-corrected chi connectivity index (χ4v) is 2.48. The van der Waals surface area contributed by atoms with Crippen LogP contribution in [0.2, 0.25) is 5.02 Å². The molecule has 2 N–H and O–H groups in total. The number of rotatable bonds is 5. The van der Waals surface area contributed by atoms with E-state index in [4.69, 9.17) is 11.6 Å². The number of carbonyl (C=O) groups is 2. The minimum Gasteiger partial charge on any atom is -0.347 e. The first-order valence-electron chi connectivity index (χ1n) is 6.59. The summed E-state index contributed by atoms with van der Waals surface area (Å²) in [6.07, 6.45) is 0.226. The van der Waals surface area contributed by atoms with E-state index < -0.39 is 0 Å². The molecule has 114 valence electrons. The molecule has 0 radical (unpaired) electrons. The molecule has 2 aromatic rings. The lowest BCUT2D eigenvalue weighted by Crippen LogP contribution is -2.33. The summed E-state index contributed by atoms with van der Waals surface area (Å²) >= 11 is 9.18. The van der Waals surface area contributed by atoms with E-state index in [1.54, 1.807) is 24.3 Å². The summed E-state index contributed by atoms with van der Waals surface area (Å²) in [5.74, 6) is -0.510. The molecule has 0 fully saturated rings. The van der Waals surface area contributed by atoms with Crippen molar-refractivity contribution in [3.63, 3.8) is 0 Å². The van der Waals surface area contributed by atoms with Gasteiger partial charge in [-0.3, -0.25) is 9.59 Å². The van der Waals surface area contributed by atoms with Gasteiger partial charge in [-0.15, -0.1) is 0 Å². The monoisotopic (exact) mass is 380 g/mol. The topological polar surface area (TPSA) is 58.2 Å². The van der Waals surface area contributed by atoms with Crippen molar-refractivity contribution in [2.75, 3.05) is 11.9 Å². The van der Waals surface area contributed by atoms with Gasteiger partial charge < -0.3 is 10.6 Å². The summed E-state index contributed by atoms with van der Waals surface area (Å²) in [5.41, 5.74) is 1.47. The first-order valence-corrected chi connectivity index (χ1v) is 7.76. The molecule has 2 rings (SSSR count). The van der Waals surface area contributed by atoms with Crippen molar-refractivity contribution in [1.29, 1.82) is 0 Å². The van der Waals surface area contributed by atoms with Crippen LogP contribution in [-0.4, -0.2) is 18.4 Å². The molecule has 0 saturated heterocycles. The molecule has 0 aliphatic rings. The van der Waals surface area contributed by atoms with Crippen molar-refractivity contribution in [2.45, 2.75) is 6.42 Å². The summed E-state index contributed by atoms with van der Waals surface area (Å²) in [6, 6.07) is 14.3. The zero-order valence-electron chi connectivity index (χ0n) is 11.6. The van der Waals surface area contributed by atoms with Crippen LogP contribution in [0, 0.1) is 0 Å².